The number of aliphatic hydroxyl groups is 1. The minimum absolute atomic E-state index is 0.194. The molecule has 0 spiro atoms. The Morgan fingerprint density at radius 1 is 1.26 bits per heavy atom. The first kappa shape index (κ1) is 13.4. The number of rotatable bonds is 3. The van der Waals surface area contributed by atoms with Crippen molar-refractivity contribution in [2.75, 3.05) is 0 Å². The zero-order valence-electron chi connectivity index (χ0n) is 12.4. The van der Waals surface area contributed by atoms with Gasteiger partial charge in [-0.1, -0.05) is 20.8 Å². The van der Waals surface area contributed by atoms with E-state index in [0.29, 0.717) is 23.8 Å². The zero-order valence-corrected chi connectivity index (χ0v) is 12.4. The predicted octanol–water partition coefficient (Wildman–Crippen LogP) is 2.48. The molecule has 108 valence electrons. The summed E-state index contributed by atoms with van der Waals surface area (Å²) in [7, 11) is 0. The summed E-state index contributed by atoms with van der Waals surface area (Å²) in [5.74, 6) is 1.91. The molecule has 4 aliphatic rings. The first-order chi connectivity index (χ1) is 8.83. The molecule has 2 N–H and O–H groups in total. The maximum absolute atomic E-state index is 12.4. The number of amides is 1. The smallest absolute Gasteiger partial charge is 0.225 e. The SMILES string of the molecule is CCC(C)(C)C(=O)NC1C2CC3CC1CC(O)(C3)C2. The molecule has 3 heteroatoms. The number of hydrogen-bond acceptors (Lipinski definition) is 2. The van der Waals surface area contributed by atoms with Crippen molar-refractivity contribution in [2.24, 2.45) is 23.2 Å². The van der Waals surface area contributed by atoms with Crippen molar-refractivity contribution >= 4 is 5.91 Å². The van der Waals surface area contributed by atoms with E-state index in [4.69, 9.17) is 0 Å². The van der Waals surface area contributed by atoms with Gasteiger partial charge in [0.05, 0.1) is 5.60 Å². The summed E-state index contributed by atoms with van der Waals surface area (Å²) < 4.78 is 0. The third-order valence-electron chi connectivity index (χ3n) is 6.04. The highest BCUT2D eigenvalue weighted by atomic mass is 16.3. The molecule has 4 bridgehead atoms. The fraction of sp³-hybridized carbons (Fsp3) is 0.938. The van der Waals surface area contributed by atoms with Gasteiger partial charge in [0.25, 0.3) is 0 Å². The van der Waals surface area contributed by atoms with Gasteiger partial charge < -0.3 is 10.4 Å². The third kappa shape index (κ3) is 2.20. The summed E-state index contributed by atoms with van der Waals surface area (Å²) in [5.41, 5.74) is -0.677. The van der Waals surface area contributed by atoms with E-state index in [1.807, 2.05) is 13.8 Å². The van der Waals surface area contributed by atoms with Crippen LogP contribution in [-0.2, 0) is 4.79 Å². The topological polar surface area (TPSA) is 49.3 Å². The Hall–Kier alpha value is -0.570. The minimum Gasteiger partial charge on any atom is -0.390 e. The molecule has 0 aromatic rings. The zero-order chi connectivity index (χ0) is 13.8. The van der Waals surface area contributed by atoms with E-state index in [2.05, 4.69) is 12.2 Å². The molecule has 0 saturated heterocycles. The van der Waals surface area contributed by atoms with Gasteiger partial charge in [0.1, 0.15) is 0 Å². The summed E-state index contributed by atoms with van der Waals surface area (Å²) in [6.45, 7) is 6.11. The molecule has 2 unspecified atom stereocenters. The summed E-state index contributed by atoms with van der Waals surface area (Å²) in [5, 5.41) is 13.9. The highest BCUT2D eigenvalue weighted by molar-refractivity contribution is 5.82. The van der Waals surface area contributed by atoms with Crippen LogP contribution in [0.4, 0.5) is 0 Å². The maximum atomic E-state index is 12.4. The number of carbonyl (C=O) groups excluding carboxylic acids is 1. The first-order valence-corrected chi connectivity index (χ1v) is 7.86. The molecule has 19 heavy (non-hydrogen) atoms. The van der Waals surface area contributed by atoms with E-state index in [1.165, 1.54) is 12.8 Å². The van der Waals surface area contributed by atoms with Crippen molar-refractivity contribution in [1.82, 2.24) is 5.32 Å². The Morgan fingerprint density at radius 3 is 2.32 bits per heavy atom. The van der Waals surface area contributed by atoms with E-state index in [-0.39, 0.29) is 11.3 Å². The largest absolute Gasteiger partial charge is 0.390 e. The van der Waals surface area contributed by atoms with E-state index in [1.54, 1.807) is 0 Å². The lowest BCUT2D eigenvalue weighted by Gasteiger charge is -2.58. The molecule has 0 aromatic heterocycles. The van der Waals surface area contributed by atoms with Crippen molar-refractivity contribution in [1.29, 1.82) is 0 Å². The van der Waals surface area contributed by atoms with Gasteiger partial charge >= 0.3 is 0 Å². The van der Waals surface area contributed by atoms with E-state index >= 15 is 0 Å². The van der Waals surface area contributed by atoms with E-state index in [0.717, 1.165) is 25.7 Å². The quantitative estimate of drug-likeness (QED) is 0.823. The van der Waals surface area contributed by atoms with Gasteiger partial charge in [0.15, 0.2) is 0 Å². The monoisotopic (exact) mass is 265 g/mol. The molecule has 2 atom stereocenters. The van der Waals surface area contributed by atoms with E-state index in [9.17, 15) is 9.90 Å². The molecule has 1 amide bonds. The van der Waals surface area contributed by atoms with Crippen LogP contribution in [0.15, 0.2) is 0 Å². The molecule has 0 heterocycles. The number of carbonyl (C=O) groups is 1. The van der Waals surface area contributed by atoms with Crippen LogP contribution in [0.5, 0.6) is 0 Å². The Bertz CT molecular complexity index is 374. The Kier molecular flexibility index (Phi) is 2.97. The van der Waals surface area contributed by atoms with Crippen LogP contribution in [0.3, 0.4) is 0 Å². The van der Waals surface area contributed by atoms with Crippen LogP contribution in [0, 0.1) is 23.2 Å². The molecular formula is C16H27NO2. The lowest BCUT2D eigenvalue weighted by atomic mass is 9.52. The summed E-state index contributed by atoms with van der Waals surface area (Å²) in [4.78, 5) is 12.4. The van der Waals surface area contributed by atoms with Crippen LogP contribution in [-0.4, -0.2) is 22.7 Å². The van der Waals surface area contributed by atoms with Crippen LogP contribution in [0.2, 0.25) is 0 Å². The molecule has 0 aliphatic heterocycles. The van der Waals surface area contributed by atoms with Crippen molar-refractivity contribution in [3.63, 3.8) is 0 Å². The molecular weight excluding hydrogens is 238 g/mol. The lowest BCUT2D eigenvalue weighted by molar-refractivity contribution is -0.150. The predicted molar refractivity (Wildman–Crippen MR) is 74.5 cm³/mol. The molecule has 0 aromatic carbocycles. The second kappa shape index (κ2) is 4.21. The molecule has 4 aliphatic carbocycles. The summed E-state index contributed by atoms with van der Waals surface area (Å²) in [6, 6.07) is 0.315. The van der Waals surface area contributed by atoms with Crippen LogP contribution in [0.25, 0.3) is 0 Å². The minimum atomic E-state index is -0.405. The molecule has 3 nitrogen and oxygen atoms in total. The second-order valence-electron chi connectivity index (χ2n) is 7.93. The van der Waals surface area contributed by atoms with Crippen LogP contribution in [0.1, 0.15) is 59.3 Å². The van der Waals surface area contributed by atoms with E-state index < -0.39 is 5.60 Å². The van der Waals surface area contributed by atoms with Crippen molar-refractivity contribution in [2.45, 2.75) is 70.9 Å². The standard InChI is InChI=1S/C16H27NO2/c1-4-15(2,3)14(18)17-13-11-5-10-6-12(13)9-16(19,7-10)8-11/h10-13,19H,4-9H2,1-3H3,(H,17,18). The first-order valence-electron chi connectivity index (χ1n) is 7.86. The highest BCUT2D eigenvalue weighted by Crippen LogP contribution is 2.55. The maximum Gasteiger partial charge on any atom is 0.225 e. The fourth-order valence-electron chi connectivity index (χ4n) is 4.72. The van der Waals surface area contributed by atoms with Crippen LogP contribution >= 0.6 is 0 Å². The van der Waals surface area contributed by atoms with Gasteiger partial charge in [-0.2, -0.15) is 0 Å². The Balaban J connectivity index is 1.72. The van der Waals surface area contributed by atoms with Crippen molar-refractivity contribution in [3.8, 4) is 0 Å². The fourth-order valence-corrected chi connectivity index (χ4v) is 4.72. The highest BCUT2D eigenvalue weighted by Gasteiger charge is 2.55. The van der Waals surface area contributed by atoms with Gasteiger partial charge in [-0.25, -0.2) is 0 Å². The molecule has 4 saturated carbocycles. The number of hydrogen-bond donors (Lipinski definition) is 2. The summed E-state index contributed by atoms with van der Waals surface area (Å²) >= 11 is 0. The average Bonchev–Trinajstić information content (AvgIpc) is 2.31. The normalized spacial score (nSPS) is 44.4. The van der Waals surface area contributed by atoms with Gasteiger partial charge in [-0.05, 0) is 56.3 Å². The van der Waals surface area contributed by atoms with Crippen molar-refractivity contribution in [3.05, 3.63) is 0 Å². The third-order valence-corrected chi connectivity index (χ3v) is 6.04. The lowest BCUT2D eigenvalue weighted by Crippen LogP contribution is -2.62. The van der Waals surface area contributed by atoms with Crippen LogP contribution < -0.4 is 5.32 Å². The number of nitrogens with one attached hydrogen (secondary N) is 1. The van der Waals surface area contributed by atoms with Gasteiger partial charge in [0, 0.05) is 11.5 Å². The molecule has 0 radical (unpaired) electrons. The Morgan fingerprint density at radius 2 is 1.84 bits per heavy atom. The Labute approximate surface area is 116 Å². The molecule has 4 fully saturated rings. The van der Waals surface area contributed by atoms with Crippen molar-refractivity contribution < 1.29 is 9.90 Å². The average molecular weight is 265 g/mol. The summed E-state index contributed by atoms with van der Waals surface area (Å²) in [6.07, 6.45) is 6.08. The van der Waals surface area contributed by atoms with Gasteiger partial charge in [-0.3, -0.25) is 4.79 Å². The van der Waals surface area contributed by atoms with Gasteiger partial charge in [0.2, 0.25) is 5.91 Å². The molecule has 4 rings (SSSR count). The second-order valence-corrected chi connectivity index (χ2v) is 7.93. The van der Waals surface area contributed by atoms with Gasteiger partial charge in [-0.15, -0.1) is 0 Å².